The zero-order valence-electron chi connectivity index (χ0n) is 12.9. The van der Waals surface area contributed by atoms with Crippen LogP contribution in [0.15, 0.2) is 35.3 Å². The standard InChI is InChI=1S/C17H19N5O/c1-2-12-5-11(1)6-13(12)8-22-9-14(10-22)17-20-16(21-23-17)15-7-18-3-4-19-15/h1-4,7,11-14H,5-6,8-10H2. The van der Waals surface area contributed by atoms with Crippen molar-refractivity contribution in [2.45, 2.75) is 18.8 Å². The summed E-state index contributed by atoms with van der Waals surface area (Å²) < 4.78 is 5.42. The zero-order valence-corrected chi connectivity index (χ0v) is 12.9. The molecule has 0 aromatic carbocycles. The largest absolute Gasteiger partial charge is 0.339 e. The molecule has 1 saturated carbocycles. The topological polar surface area (TPSA) is 67.9 Å². The Morgan fingerprint density at radius 1 is 1.17 bits per heavy atom. The summed E-state index contributed by atoms with van der Waals surface area (Å²) in [5.74, 6) is 4.16. The van der Waals surface area contributed by atoms with E-state index in [-0.39, 0.29) is 0 Å². The molecule has 0 N–H and O–H groups in total. The van der Waals surface area contributed by atoms with Crippen molar-refractivity contribution in [3.8, 4) is 11.5 Å². The minimum Gasteiger partial charge on any atom is -0.339 e. The Labute approximate surface area is 134 Å². The number of rotatable bonds is 4. The van der Waals surface area contributed by atoms with Crippen LogP contribution in [0, 0.1) is 17.8 Å². The van der Waals surface area contributed by atoms with Crippen LogP contribution in [0.2, 0.25) is 0 Å². The van der Waals surface area contributed by atoms with Gasteiger partial charge in [0.1, 0.15) is 5.69 Å². The van der Waals surface area contributed by atoms with Crippen molar-refractivity contribution in [3.63, 3.8) is 0 Å². The van der Waals surface area contributed by atoms with Gasteiger partial charge in [0.25, 0.3) is 0 Å². The molecule has 6 heteroatoms. The molecule has 3 heterocycles. The minimum absolute atomic E-state index is 0.363. The molecule has 0 spiro atoms. The first-order valence-corrected chi connectivity index (χ1v) is 8.36. The first-order valence-electron chi connectivity index (χ1n) is 8.36. The van der Waals surface area contributed by atoms with Crippen molar-refractivity contribution >= 4 is 0 Å². The highest BCUT2D eigenvalue weighted by atomic mass is 16.5. The monoisotopic (exact) mass is 309 g/mol. The maximum absolute atomic E-state index is 5.42. The summed E-state index contributed by atoms with van der Waals surface area (Å²) in [7, 11) is 0. The van der Waals surface area contributed by atoms with E-state index < -0.39 is 0 Å². The quantitative estimate of drug-likeness (QED) is 0.806. The fourth-order valence-electron chi connectivity index (χ4n) is 4.23. The van der Waals surface area contributed by atoms with Crippen molar-refractivity contribution in [2.24, 2.45) is 17.8 Å². The lowest BCUT2D eigenvalue weighted by molar-refractivity contribution is 0.0986. The van der Waals surface area contributed by atoms with Gasteiger partial charge in [0.2, 0.25) is 11.7 Å². The van der Waals surface area contributed by atoms with Crippen LogP contribution in [0.3, 0.4) is 0 Å². The molecular formula is C17H19N5O. The molecule has 0 amide bonds. The lowest BCUT2D eigenvalue weighted by Gasteiger charge is -2.39. The highest BCUT2D eigenvalue weighted by Gasteiger charge is 2.40. The molecule has 2 aromatic rings. The van der Waals surface area contributed by atoms with Crippen LogP contribution in [0.25, 0.3) is 11.5 Å². The lowest BCUT2D eigenvalue weighted by Crippen LogP contribution is -2.47. The second-order valence-corrected chi connectivity index (χ2v) is 7.00. The number of fused-ring (bicyclic) bond motifs is 2. The summed E-state index contributed by atoms with van der Waals surface area (Å²) in [6, 6.07) is 0. The molecule has 3 aliphatic rings. The first-order chi connectivity index (χ1) is 11.3. The summed E-state index contributed by atoms with van der Waals surface area (Å²) in [4.78, 5) is 15.3. The number of likely N-dealkylation sites (tertiary alicyclic amines) is 1. The molecule has 5 rings (SSSR count). The van der Waals surface area contributed by atoms with Crippen LogP contribution in [-0.4, -0.2) is 44.6 Å². The van der Waals surface area contributed by atoms with Crippen LogP contribution >= 0.6 is 0 Å². The average Bonchev–Trinajstić information content (AvgIpc) is 3.27. The number of hydrogen-bond donors (Lipinski definition) is 0. The number of allylic oxidation sites excluding steroid dienone is 2. The van der Waals surface area contributed by atoms with Crippen LogP contribution < -0.4 is 0 Å². The van der Waals surface area contributed by atoms with Crippen molar-refractivity contribution in [2.75, 3.05) is 19.6 Å². The number of aromatic nitrogens is 4. The molecule has 23 heavy (non-hydrogen) atoms. The Morgan fingerprint density at radius 3 is 2.87 bits per heavy atom. The Bertz CT molecular complexity index is 722. The van der Waals surface area contributed by atoms with Crippen LogP contribution in [0.5, 0.6) is 0 Å². The third-order valence-electron chi connectivity index (χ3n) is 5.45. The average molecular weight is 309 g/mol. The van der Waals surface area contributed by atoms with E-state index in [2.05, 4.69) is 37.2 Å². The molecule has 2 fully saturated rings. The maximum atomic E-state index is 5.42. The third kappa shape index (κ3) is 2.37. The van der Waals surface area contributed by atoms with Crippen LogP contribution in [0.4, 0.5) is 0 Å². The summed E-state index contributed by atoms with van der Waals surface area (Å²) in [6.45, 7) is 3.27. The van der Waals surface area contributed by atoms with Crippen molar-refractivity contribution in [1.29, 1.82) is 0 Å². The molecule has 118 valence electrons. The molecule has 1 aliphatic heterocycles. The maximum Gasteiger partial charge on any atom is 0.232 e. The minimum atomic E-state index is 0.363. The predicted octanol–water partition coefficient (Wildman–Crippen LogP) is 2.14. The van der Waals surface area contributed by atoms with Gasteiger partial charge in [-0.15, -0.1) is 0 Å². The molecule has 2 aromatic heterocycles. The van der Waals surface area contributed by atoms with Gasteiger partial charge in [-0.05, 0) is 30.6 Å². The first kappa shape index (κ1) is 13.4. The smallest absolute Gasteiger partial charge is 0.232 e. The van der Waals surface area contributed by atoms with Gasteiger partial charge >= 0.3 is 0 Å². The van der Waals surface area contributed by atoms with Gasteiger partial charge in [-0.25, -0.2) is 4.98 Å². The Balaban J connectivity index is 1.19. The SMILES string of the molecule is C1=CC2CC1CC2CN1CC(c2nc(-c3cnccn3)no2)C1. The van der Waals surface area contributed by atoms with E-state index in [1.807, 2.05) is 0 Å². The van der Waals surface area contributed by atoms with Crippen molar-refractivity contribution in [1.82, 2.24) is 25.0 Å². The Kier molecular flexibility index (Phi) is 3.04. The van der Waals surface area contributed by atoms with Crippen LogP contribution in [0.1, 0.15) is 24.7 Å². The molecule has 2 aliphatic carbocycles. The van der Waals surface area contributed by atoms with E-state index in [0.29, 0.717) is 17.4 Å². The molecular weight excluding hydrogens is 290 g/mol. The Hall–Kier alpha value is -2.08. The van der Waals surface area contributed by atoms with E-state index in [0.717, 1.165) is 36.7 Å². The fourth-order valence-corrected chi connectivity index (χ4v) is 4.23. The number of hydrogen-bond acceptors (Lipinski definition) is 6. The summed E-state index contributed by atoms with van der Waals surface area (Å²) in [5.41, 5.74) is 0.660. The van der Waals surface area contributed by atoms with E-state index >= 15 is 0 Å². The van der Waals surface area contributed by atoms with E-state index in [4.69, 9.17) is 4.52 Å². The third-order valence-corrected chi connectivity index (χ3v) is 5.45. The van der Waals surface area contributed by atoms with E-state index in [1.165, 1.54) is 19.4 Å². The highest BCUT2D eigenvalue weighted by Crippen LogP contribution is 2.44. The summed E-state index contributed by atoms with van der Waals surface area (Å²) >= 11 is 0. The molecule has 1 saturated heterocycles. The van der Waals surface area contributed by atoms with Gasteiger partial charge < -0.3 is 9.42 Å². The lowest BCUT2D eigenvalue weighted by atomic mass is 9.90. The fraction of sp³-hybridized carbons (Fsp3) is 0.529. The summed E-state index contributed by atoms with van der Waals surface area (Å²) in [5, 5.41) is 4.03. The summed E-state index contributed by atoms with van der Waals surface area (Å²) in [6.07, 6.45) is 12.5. The molecule has 0 radical (unpaired) electrons. The second-order valence-electron chi connectivity index (χ2n) is 7.00. The normalized spacial score (nSPS) is 30.0. The molecule has 2 bridgehead atoms. The highest BCUT2D eigenvalue weighted by molar-refractivity contribution is 5.45. The number of nitrogens with zero attached hydrogens (tertiary/aromatic N) is 5. The van der Waals surface area contributed by atoms with Gasteiger partial charge in [0.05, 0.1) is 12.1 Å². The van der Waals surface area contributed by atoms with E-state index in [1.54, 1.807) is 18.6 Å². The molecule has 3 unspecified atom stereocenters. The zero-order chi connectivity index (χ0) is 15.2. The van der Waals surface area contributed by atoms with Gasteiger partial charge in [-0.1, -0.05) is 17.3 Å². The van der Waals surface area contributed by atoms with Crippen molar-refractivity contribution in [3.05, 3.63) is 36.6 Å². The van der Waals surface area contributed by atoms with E-state index in [9.17, 15) is 0 Å². The second kappa shape index (κ2) is 5.23. The Morgan fingerprint density at radius 2 is 2.13 bits per heavy atom. The molecule has 3 atom stereocenters. The molecule has 6 nitrogen and oxygen atoms in total. The van der Waals surface area contributed by atoms with Crippen molar-refractivity contribution < 1.29 is 4.52 Å². The predicted molar refractivity (Wildman–Crippen MR) is 83.3 cm³/mol. The van der Waals surface area contributed by atoms with Gasteiger partial charge in [0.15, 0.2) is 0 Å². The van der Waals surface area contributed by atoms with Gasteiger partial charge in [0, 0.05) is 32.0 Å². The van der Waals surface area contributed by atoms with Gasteiger partial charge in [-0.2, -0.15) is 4.98 Å². The van der Waals surface area contributed by atoms with Gasteiger partial charge in [-0.3, -0.25) is 4.98 Å². The van der Waals surface area contributed by atoms with Crippen LogP contribution in [-0.2, 0) is 0 Å².